The van der Waals surface area contributed by atoms with E-state index in [-0.39, 0.29) is 24.2 Å². The number of carbonyl (C=O) groups is 2. The van der Waals surface area contributed by atoms with Gasteiger partial charge in [-0.05, 0) is 35.9 Å². The highest BCUT2D eigenvalue weighted by molar-refractivity contribution is 7.10. The van der Waals surface area contributed by atoms with E-state index in [0.717, 1.165) is 5.01 Å². The Labute approximate surface area is 210 Å². The standard InChI is InChI=1S/C26H20ClFN4O2S/c27-18-8-6-17(7-9-18)26-13-20-19(4-1-5-21(20)28)24(33)31(26)11-12-32(26)25(34)22-15-35-23(30-22)16-3-2-10-29-14-16/h1-10,15-16H,11-14H2. The zero-order valence-electron chi connectivity index (χ0n) is 18.5. The van der Waals surface area contributed by atoms with Crippen LogP contribution in [0.15, 0.2) is 65.0 Å². The van der Waals surface area contributed by atoms with E-state index in [4.69, 9.17) is 11.6 Å². The average molecular weight is 507 g/mol. The molecule has 2 atom stereocenters. The molecule has 2 unspecified atom stereocenters. The summed E-state index contributed by atoms with van der Waals surface area (Å²) in [6, 6.07) is 11.6. The molecule has 3 aliphatic heterocycles. The number of halogens is 2. The summed E-state index contributed by atoms with van der Waals surface area (Å²) in [4.78, 5) is 39.8. The van der Waals surface area contributed by atoms with E-state index < -0.39 is 11.5 Å². The highest BCUT2D eigenvalue weighted by Gasteiger charge is 2.56. The van der Waals surface area contributed by atoms with Crippen molar-refractivity contribution >= 4 is 41.0 Å². The van der Waals surface area contributed by atoms with Crippen molar-refractivity contribution in [2.24, 2.45) is 4.99 Å². The van der Waals surface area contributed by atoms with Crippen molar-refractivity contribution in [3.63, 3.8) is 0 Å². The molecular weight excluding hydrogens is 487 g/mol. The van der Waals surface area contributed by atoms with Crippen LogP contribution in [0.2, 0.25) is 5.02 Å². The molecule has 0 bridgehead atoms. The summed E-state index contributed by atoms with van der Waals surface area (Å²) in [5.74, 6) is -1.01. The summed E-state index contributed by atoms with van der Waals surface area (Å²) in [6.45, 7) is 1.23. The van der Waals surface area contributed by atoms with Crippen molar-refractivity contribution < 1.29 is 14.0 Å². The third-order valence-corrected chi connectivity index (χ3v) is 8.13. The second-order valence-electron chi connectivity index (χ2n) is 8.76. The number of allylic oxidation sites excluding steroid dienone is 1. The van der Waals surface area contributed by atoms with Gasteiger partial charge in [0, 0.05) is 53.2 Å². The van der Waals surface area contributed by atoms with Crippen LogP contribution in [0.25, 0.3) is 0 Å². The molecule has 176 valence electrons. The third-order valence-electron chi connectivity index (χ3n) is 6.90. The lowest BCUT2D eigenvalue weighted by molar-refractivity contribution is 0.00685. The zero-order chi connectivity index (χ0) is 24.2. The second kappa shape index (κ2) is 8.39. The average Bonchev–Trinajstić information content (AvgIpc) is 3.52. The Balaban J connectivity index is 1.45. The van der Waals surface area contributed by atoms with Crippen LogP contribution in [0.4, 0.5) is 4.39 Å². The topological polar surface area (TPSA) is 65.9 Å². The number of benzene rings is 2. The molecular formula is C26H20ClFN4O2S. The zero-order valence-corrected chi connectivity index (χ0v) is 20.1. The number of aromatic nitrogens is 1. The van der Waals surface area contributed by atoms with Gasteiger partial charge in [0.1, 0.15) is 22.2 Å². The number of amides is 2. The van der Waals surface area contributed by atoms with E-state index in [9.17, 15) is 14.0 Å². The maximum atomic E-state index is 15.0. The molecule has 0 N–H and O–H groups in total. The van der Waals surface area contributed by atoms with E-state index in [1.807, 2.05) is 12.2 Å². The highest BCUT2D eigenvalue weighted by Crippen LogP contribution is 2.46. The Hall–Kier alpha value is -3.36. The number of fused-ring (bicyclic) bond motifs is 2. The van der Waals surface area contributed by atoms with Gasteiger partial charge in [-0.3, -0.25) is 14.6 Å². The fourth-order valence-electron chi connectivity index (χ4n) is 5.24. The predicted octanol–water partition coefficient (Wildman–Crippen LogP) is 4.67. The van der Waals surface area contributed by atoms with Gasteiger partial charge in [0.15, 0.2) is 0 Å². The molecule has 4 heterocycles. The molecule has 1 aromatic heterocycles. The summed E-state index contributed by atoms with van der Waals surface area (Å²) in [5, 5.41) is 3.10. The first-order valence-electron chi connectivity index (χ1n) is 11.3. The number of aliphatic imine (C=N–C) groups is 1. The number of hydrogen-bond acceptors (Lipinski definition) is 5. The Morgan fingerprint density at radius 2 is 2.00 bits per heavy atom. The largest absolute Gasteiger partial charge is 0.309 e. The molecule has 6 rings (SSSR count). The molecule has 0 aliphatic carbocycles. The lowest BCUT2D eigenvalue weighted by Gasteiger charge is -2.47. The Morgan fingerprint density at radius 1 is 1.17 bits per heavy atom. The minimum absolute atomic E-state index is 0.0316. The predicted molar refractivity (Wildman–Crippen MR) is 133 cm³/mol. The molecule has 2 aromatic carbocycles. The van der Waals surface area contributed by atoms with Gasteiger partial charge in [-0.2, -0.15) is 0 Å². The molecule has 1 saturated heterocycles. The van der Waals surface area contributed by atoms with Crippen molar-refractivity contribution in [1.29, 1.82) is 0 Å². The summed E-state index contributed by atoms with van der Waals surface area (Å²) < 4.78 is 15.0. The summed E-state index contributed by atoms with van der Waals surface area (Å²) in [7, 11) is 0. The Morgan fingerprint density at radius 3 is 2.77 bits per heavy atom. The van der Waals surface area contributed by atoms with Crippen molar-refractivity contribution in [3.05, 3.63) is 98.2 Å². The molecule has 6 nitrogen and oxygen atoms in total. The fraction of sp³-hybridized carbons (Fsp3) is 0.231. The van der Waals surface area contributed by atoms with E-state index in [1.54, 1.807) is 57.8 Å². The summed E-state index contributed by atoms with van der Waals surface area (Å²) >= 11 is 7.57. The number of thiazole rings is 1. The van der Waals surface area contributed by atoms with Crippen LogP contribution < -0.4 is 0 Å². The molecule has 3 aliphatic rings. The maximum Gasteiger partial charge on any atom is 0.275 e. The van der Waals surface area contributed by atoms with E-state index in [0.29, 0.717) is 47.0 Å². The van der Waals surface area contributed by atoms with E-state index >= 15 is 0 Å². The first-order chi connectivity index (χ1) is 17.0. The molecule has 0 spiro atoms. The van der Waals surface area contributed by atoms with Crippen LogP contribution in [-0.2, 0) is 12.1 Å². The molecule has 0 saturated carbocycles. The van der Waals surface area contributed by atoms with Crippen molar-refractivity contribution in [2.75, 3.05) is 19.6 Å². The summed E-state index contributed by atoms with van der Waals surface area (Å²) in [6.07, 6.45) is 5.80. The number of rotatable bonds is 3. The van der Waals surface area contributed by atoms with Gasteiger partial charge in [0.05, 0.1) is 6.54 Å². The highest BCUT2D eigenvalue weighted by atomic mass is 35.5. The molecule has 1 fully saturated rings. The Kier molecular flexibility index (Phi) is 5.30. The first kappa shape index (κ1) is 22.1. The van der Waals surface area contributed by atoms with E-state index in [2.05, 4.69) is 9.98 Å². The van der Waals surface area contributed by atoms with Gasteiger partial charge in [0.2, 0.25) is 0 Å². The monoisotopic (exact) mass is 506 g/mol. The molecule has 0 radical (unpaired) electrons. The maximum absolute atomic E-state index is 15.0. The van der Waals surface area contributed by atoms with Crippen LogP contribution in [0, 0.1) is 5.82 Å². The van der Waals surface area contributed by atoms with Crippen LogP contribution in [-0.4, -0.2) is 52.4 Å². The molecule has 35 heavy (non-hydrogen) atoms. The Bertz CT molecular complexity index is 1400. The van der Waals surface area contributed by atoms with E-state index in [1.165, 1.54) is 17.4 Å². The lowest BCUT2D eigenvalue weighted by Crippen LogP contribution is -2.58. The van der Waals surface area contributed by atoms with Crippen molar-refractivity contribution in [3.8, 4) is 0 Å². The quantitative estimate of drug-likeness (QED) is 0.518. The van der Waals surface area contributed by atoms with Gasteiger partial charge in [-0.1, -0.05) is 35.9 Å². The molecule has 3 aromatic rings. The lowest BCUT2D eigenvalue weighted by atomic mass is 9.83. The van der Waals surface area contributed by atoms with Gasteiger partial charge < -0.3 is 9.80 Å². The van der Waals surface area contributed by atoms with Crippen LogP contribution in [0.3, 0.4) is 0 Å². The first-order valence-corrected chi connectivity index (χ1v) is 12.5. The van der Waals surface area contributed by atoms with Crippen LogP contribution >= 0.6 is 22.9 Å². The molecule has 2 amide bonds. The number of dihydropyridines is 1. The third kappa shape index (κ3) is 3.43. The minimum Gasteiger partial charge on any atom is -0.309 e. The van der Waals surface area contributed by atoms with Crippen LogP contribution in [0.5, 0.6) is 0 Å². The number of hydrogen-bond donors (Lipinski definition) is 0. The minimum atomic E-state index is -1.17. The van der Waals surface area contributed by atoms with Gasteiger partial charge >= 0.3 is 0 Å². The van der Waals surface area contributed by atoms with Crippen molar-refractivity contribution in [1.82, 2.24) is 14.8 Å². The smallest absolute Gasteiger partial charge is 0.275 e. The number of nitrogens with zero attached hydrogens (tertiary/aromatic N) is 4. The number of carbonyl (C=O) groups excluding carboxylic acids is 2. The SMILES string of the molecule is O=C(c1csc(C2C=CC=NC2)n1)N1CCN2C(=O)c3cccc(F)c3CC12c1ccc(Cl)cc1. The summed E-state index contributed by atoms with van der Waals surface area (Å²) in [5.41, 5.74) is 0.495. The molecule has 9 heteroatoms. The van der Waals surface area contributed by atoms with Gasteiger partial charge in [-0.15, -0.1) is 11.3 Å². The van der Waals surface area contributed by atoms with Gasteiger partial charge in [0.25, 0.3) is 11.8 Å². The fourth-order valence-corrected chi connectivity index (χ4v) is 6.23. The van der Waals surface area contributed by atoms with Crippen LogP contribution in [0.1, 0.15) is 42.9 Å². The second-order valence-corrected chi connectivity index (χ2v) is 10.1. The normalized spacial score (nSPS) is 22.9. The van der Waals surface area contributed by atoms with Gasteiger partial charge in [-0.25, -0.2) is 9.37 Å². The van der Waals surface area contributed by atoms with Crippen molar-refractivity contribution in [2.45, 2.75) is 18.0 Å².